The molecular weight excluding hydrogens is 357 g/mol. The maximum absolute atomic E-state index is 12.9. The summed E-state index contributed by atoms with van der Waals surface area (Å²) >= 11 is 0. The van der Waals surface area contributed by atoms with Crippen molar-refractivity contribution in [3.8, 4) is 0 Å². The number of esters is 1. The van der Waals surface area contributed by atoms with Crippen LogP contribution in [0, 0.1) is 5.92 Å². The predicted octanol–water partition coefficient (Wildman–Crippen LogP) is 4.08. The zero-order valence-corrected chi connectivity index (χ0v) is 19.5. The highest BCUT2D eigenvalue weighted by molar-refractivity contribution is 6.74. The third kappa shape index (κ3) is 4.63. The Morgan fingerprint density at radius 1 is 1.30 bits per heavy atom. The molecule has 0 radical (unpaired) electrons. The van der Waals surface area contributed by atoms with E-state index < -0.39 is 20.9 Å². The number of carbonyl (C=O) groups excluding carboxylic acids is 1. The highest BCUT2D eigenvalue weighted by atomic mass is 28.4. The van der Waals surface area contributed by atoms with Crippen molar-refractivity contribution in [2.75, 3.05) is 13.7 Å². The van der Waals surface area contributed by atoms with Crippen LogP contribution >= 0.6 is 0 Å². The van der Waals surface area contributed by atoms with Gasteiger partial charge >= 0.3 is 13.0 Å². The molecular formula is C20H40BNO4Si. The molecule has 3 atom stereocenters. The number of ether oxygens (including phenoxy) is 1. The van der Waals surface area contributed by atoms with E-state index in [-0.39, 0.29) is 11.0 Å². The van der Waals surface area contributed by atoms with Crippen molar-refractivity contribution in [2.24, 2.45) is 5.92 Å². The molecule has 2 rings (SSSR count). The van der Waals surface area contributed by atoms with Crippen molar-refractivity contribution < 1.29 is 19.0 Å². The summed E-state index contributed by atoms with van der Waals surface area (Å²) in [7, 11) is -0.960. The van der Waals surface area contributed by atoms with Crippen molar-refractivity contribution in [1.82, 2.24) is 4.81 Å². The molecule has 156 valence electrons. The normalized spacial score (nSPS) is 29.5. The SMILES string of the molecule is COC(=O)C1(CCCO[Si](C)(C)C(C)(C)C)CC2CCCCC2N1B(C)O. The standard InChI is InChI=1S/C20H40BNO4Si/c1-19(2,3)27(6,7)26-14-10-13-20(18(23)25-5)15-16-11-8-9-12-17(16)22(20)21(4)24/h16-17,24H,8-15H2,1-7H3. The summed E-state index contributed by atoms with van der Waals surface area (Å²) in [6, 6.07) is 0.291. The number of fused-ring (bicyclic) bond motifs is 1. The summed E-state index contributed by atoms with van der Waals surface area (Å²) in [5.41, 5.74) is -0.709. The molecule has 1 aliphatic heterocycles. The first-order valence-corrected chi connectivity index (χ1v) is 13.6. The molecule has 1 heterocycles. The van der Waals surface area contributed by atoms with Gasteiger partial charge in [-0.15, -0.1) is 0 Å². The molecule has 0 bridgehead atoms. The fourth-order valence-corrected chi connectivity index (χ4v) is 5.99. The number of nitrogens with zero attached hydrogens (tertiary/aromatic N) is 1. The van der Waals surface area contributed by atoms with Gasteiger partial charge in [-0.1, -0.05) is 33.6 Å². The first-order valence-electron chi connectivity index (χ1n) is 10.7. The Balaban J connectivity index is 2.13. The Labute approximate surface area is 167 Å². The minimum absolute atomic E-state index is 0.182. The fraction of sp³-hybridized carbons (Fsp3) is 0.950. The predicted molar refractivity (Wildman–Crippen MR) is 113 cm³/mol. The summed E-state index contributed by atoms with van der Waals surface area (Å²) in [5.74, 6) is 0.291. The molecule has 0 spiro atoms. The van der Waals surface area contributed by atoms with Crippen molar-refractivity contribution in [3.05, 3.63) is 0 Å². The highest BCUT2D eigenvalue weighted by Crippen LogP contribution is 2.48. The number of rotatable bonds is 7. The van der Waals surface area contributed by atoms with E-state index in [2.05, 4.69) is 38.7 Å². The Morgan fingerprint density at radius 2 is 1.93 bits per heavy atom. The maximum Gasteiger partial charge on any atom is 0.377 e. The first-order chi connectivity index (χ1) is 12.5. The van der Waals surface area contributed by atoms with Gasteiger partial charge in [-0.05, 0) is 63.0 Å². The summed E-state index contributed by atoms with van der Waals surface area (Å²) in [6.45, 7) is 13.7. The van der Waals surface area contributed by atoms with Gasteiger partial charge < -0.3 is 14.2 Å². The maximum atomic E-state index is 12.9. The van der Waals surface area contributed by atoms with Crippen LogP contribution < -0.4 is 0 Å². The molecule has 3 unspecified atom stereocenters. The highest BCUT2D eigenvalue weighted by Gasteiger charge is 2.58. The Hall–Kier alpha value is -0.368. The summed E-state index contributed by atoms with van der Waals surface area (Å²) in [4.78, 5) is 15.0. The number of methoxy groups -OCH3 is 1. The number of hydrogen-bond acceptors (Lipinski definition) is 5. The molecule has 2 aliphatic rings. The van der Waals surface area contributed by atoms with Gasteiger partial charge in [0.15, 0.2) is 8.32 Å². The topological polar surface area (TPSA) is 59.0 Å². The van der Waals surface area contributed by atoms with Gasteiger partial charge in [0, 0.05) is 12.6 Å². The second kappa shape index (κ2) is 8.56. The summed E-state index contributed by atoms with van der Waals surface area (Å²) in [6.07, 6.45) is 6.91. The zero-order chi connectivity index (χ0) is 20.5. The molecule has 1 saturated heterocycles. The summed E-state index contributed by atoms with van der Waals surface area (Å²) < 4.78 is 11.6. The largest absolute Gasteiger partial charge is 0.468 e. The van der Waals surface area contributed by atoms with Gasteiger partial charge in [-0.3, -0.25) is 9.61 Å². The minimum atomic E-state index is -1.79. The van der Waals surface area contributed by atoms with E-state index in [4.69, 9.17) is 9.16 Å². The van der Waals surface area contributed by atoms with Crippen LogP contribution in [-0.4, -0.2) is 56.5 Å². The molecule has 1 N–H and O–H groups in total. The average Bonchev–Trinajstić information content (AvgIpc) is 2.92. The molecule has 1 aliphatic carbocycles. The van der Waals surface area contributed by atoms with Gasteiger partial charge in [-0.25, -0.2) is 0 Å². The molecule has 0 amide bonds. The van der Waals surface area contributed by atoms with Crippen molar-refractivity contribution in [2.45, 2.75) is 102 Å². The van der Waals surface area contributed by atoms with Gasteiger partial charge in [0.2, 0.25) is 0 Å². The smallest absolute Gasteiger partial charge is 0.377 e. The van der Waals surface area contributed by atoms with Crippen LogP contribution in [0.1, 0.15) is 65.7 Å². The van der Waals surface area contributed by atoms with Gasteiger partial charge in [-0.2, -0.15) is 0 Å². The minimum Gasteiger partial charge on any atom is -0.468 e. The molecule has 5 nitrogen and oxygen atoms in total. The monoisotopic (exact) mass is 397 g/mol. The van der Waals surface area contributed by atoms with Crippen LogP contribution in [-0.2, 0) is 14.0 Å². The molecule has 0 aromatic carbocycles. The van der Waals surface area contributed by atoms with Crippen LogP contribution in [0.15, 0.2) is 0 Å². The molecule has 0 aromatic heterocycles. The van der Waals surface area contributed by atoms with Crippen LogP contribution in [0.5, 0.6) is 0 Å². The van der Waals surface area contributed by atoms with E-state index in [1.54, 1.807) is 6.82 Å². The number of hydrogen-bond donors (Lipinski definition) is 1. The summed E-state index contributed by atoms with van der Waals surface area (Å²) in [5, 5.41) is 10.7. The van der Waals surface area contributed by atoms with E-state index in [0.29, 0.717) is 25.0 Å². The van der Waals surface area contributed by atoms with Gasteiger partial charge in [0.25, 0.3) is 0 Å². The van der Waals surface area contributed by atoms with E-state index >= 15 is 0 Å². The Kier molecular flexibility index (Phi) is 7.26. The molecule has 0 aromatic rings. The quantitative estimate of drug-likeness (QED) is 0.399. The Morgan fingerprint density at radius 3 is 2.48 bits per heavy atom. The van der Waals surface area contributed by atoms with E-state index in [1.165, 1.54) is 20.0 Å². The lowest BCUT2D eigenvalue weighted by molar-refractivity contribution is -0.152. The molecule has 7 heteroatoms. The first kappa shape index (κ1) is 22.9. The zero-order valence-electron chi connectivity index (χ0n) is 18.5. The lowest BCUT2D eigenvalue weighted by atomic mass is 9.76. The van der Waals surface area contributed by atoms with E-state index in [9.17, 15) is 9.82 Å². The van der Waals surface area contributed by atoms with Crippen LogP contribution in [0.4, 0.5) is 0 Å². The molecule has 2 fully saturated rings. The van der Waals surface area contributed by atoms with E-state index in [0.717, 1.165) is 25.7 Å². The van der Waals surface area contributed by atoms with Crippen LogP contribution in [0.25, 0.3) is 0 Å². The second-order valence-corrected chi connectivity index (χ2v) is 14.9. The van der Waals surface area contributed by atoms with Crippen molar-refractivity contribution >= 4 is 21.3 Å². The lowest BCUT2D eigenvalue weighted by Crippen LogP contribution is -2.59. The van der Waals surface area contributed by atoms with Gasteiger partial charge in [0.1, 0.15) is 5.54 Å². The number of carbonyl (C=O) groups is 1. The third-order valence-electron chi connectivity index (χ3n) is 7.29. The van der Waals surface area contributed by atoms with Gasteiger partial charge in [0.05, 0.1) is 7.11 Å². The third-order valence-corrected chi connectivity index (χ3v) is 11.8. The molecule has 27 heavy (non-hydrogen) atoms. The second-order valence-electron chi connectivity index (χ2n) is 10.1. The van der Waals surface area contributed by atoms with Crippen LogP contribution in [0.2, 0.25) is 25.0 Å². The van der Waals surface area contributed by atoms with Crippen LogP contribution in [0.3, 0.4) is 0 Å². The lowest BCUT2D eigenvalue weighted by Gasteiger charge is -2.41. The Bertz CT molecular complexity index is 523. The van der Waals surface area contributed by atoms with E-state index in [1.807, 2.05) is 0 Å². The van der Waals surface area contributed by atoms with Crippen molar-refractivity contribution in [1.29, 1.82) is 0 Å². The molecule has 1 saturated carbocycles. The fourth-order valence-electron chi connectivity index (χ4n) is 4.90. The average molecular weight is 397 g/mol. The van der Waals surface area contributed by atoms with Crippen molar-refractivity contribution in [3.63, 3.8) is 0 Å².